The molecule has 0 heterocycles. The maximum absolute atomic E-state index is 11.8. The topological polar surface area (TPSA) is 66.4 Å². The van der Waals surface area contributed by atoms with Crippen molar-refractivity contribution in [3.05, 3.63) is 35.4 Å². The molecule has 1 unspecified atom stereocenters. The number of carboxylic acids is 1. The predicted octanol–water partition coefficient (Wildman–Crippen LogP) is 2.67. The Hall–Kier alpha value is -1.84. The lowest BCUT2D eigenvalue weighted by atomic mass is 10.0. The predicted molar refractivity (Wildman–Crippen MR) is 73.8 cm³/mol. The zero-order valence-electron chi connectivity index (χ0n) is 11.6. The highest BCUT2D eigenvalue weighted by Crippen LogP contribution is 2.18. The number of hydrogen-bond acceptors (Lipinski definition) is 2. The summed E-state index contributed by atoms with van der Waals surface area (Å²) in [7, 11) is 0. The second-order valence-corrected chi connectivity index (χ2v) is 5.23. The van der Waals surface area contributed by atoms with Crippen LogP contribution in [0.4, 0.5) is 0 Å². The van der Waals surface area contributed by atoms with Gasteiger partial charge in [-0.2, -0.15) is 0 Å². The van der Waals surface area contributed by atoms with E-state index >= 15 is 0 Å². The van der Waals surface area contributed by atoms with Crippen LogP contribution in [0.1, 0.15) is 43.9 Å². The number of aliphatic carboxylic acids is 1. The number of hydrogen-bond donors (Lipinski definition) is 2. The number of carbonyl (C=O) groups is 2. The molecule has 1 aromatic carbocycles. The van der Waals surface area contributed by atoms with Gasteiger partial charge in [0.1, 0.15) is 0 Å². The van der Waals surface area contributed by atoms with Crippen molar-refractivity contribution >= 4 is 11.9 Å². The first-order valence-electron chi connectivity index (χ1n) is 6.46. The van der Waals surface area contributed by atoms with Gasteiger partial charge in [0.15, 0.2) is 0 Å². The highest BCUT2D eigenvalue weighted by atomic mass is 16.4. The van der Waals surface area contributed by atoms with Gasteiger partial charge < -0.3 is 10.4 Å². The molecule has 1 amide bonds. The Balaban J connectivity index is 2.79. The van der Waals surface area contributed by atoms with Crippen LogP contribution in [-0.2, 0) is 9.59 Å². The molecule has 0 spiro atoms. The fourth-order valence-electron chi connectivity index (χ4n) is 1.85. The van der Waals surface area contributed by atoms with E-state index in [0.29, 0.717) is 6.42 Å². The minimum absolute atomic E-state index is 0.104. The molecule has 4 heteroatoms. The van der Waals surface area contributed by atoms with E-state index < -0.39 is 12.0 Å². The van der Waals surface area contributed by atoms with Crippen molar-refractivity contribution in [2.24, 2.45) is 5.92 Å². The number of amides is 1. The lowest BCUT2D eigenvalue weighted by molar-refractivity contribution is -0.137. The first-order valence-corrected chi connectivity index (χ1v) is 6.46. The van der Waals surface area contributed by atoms with Gasteiger partial charge in [-0.15, -0.1) is 0 Å². The van der Waals surface area contributed by atoms with Gasteiger partial charge in [-0.25, -0.2) is 0 Å². The summed E-state index contributed by atoms with van der Waals surface area (Å²) in [4.78, 5) is 22.7. The van der Waals surface area contributed by atoms with E-state index in [1.165, 1.54) is 0 Å². The average molecular weight is 263 g/mol. The molecule has 0 saturated heterocycles. The van der Waals surface area contributed by atoms with E-state index in [4.69, 9.17) is 5.11 Å². The molecule has 0 aliphatic carbocycles. The summed E-state index contributed by atoms with van der Waals surface area (Å²) in [5.74, 6) is -0.777. The molecule has 4 nitrogen and oxygen atoms in total. The van der Waals surface area contributed by atoms with Gasteiger partial charge in [-0.3, -0.25) is 9.59 Å². The Morgan fingerprint density at radius 1 is 1.16 bits per heavy atom. The minimum Gasteiger partial charge on any atom is -0.481 e. The summed E-state index contributed by atoms with van der Waals surface area (Å²) in [5, 5.41) is 11.7. The second-order valence-electron chi connectivity index (χ2n) is 5.23. The van der Waals surface area contributed by atoms with Crippen LogP contribution in [0.25, 0.3) is 0 Å². The third kappa shape index (κ3) is 5.55. The lowest BCUT2D eigenvalue weighted by Crippen LogP contribution is -2.30. The standard InChI is InChI=1S/C15H21NO3/c1-10(2)8-14(17)16-13(9-15(18)19)12-6-4-11(3)5-7-12/h4-7,10,13H,8-9H2,1-3H3,(H,16,17)(H,18,19). The quantitative estimate of drug-likeness (QED) is 0.829. The van der Waals surface area contributed by atoms with Gasteiger partial charge in [0.05, 0.1) is 12.5 Å². The maximum atomic E-state index is 11.8. The van der Waals surface area contributed by atoms with Gasteiger partial charge in [-0.1, -0.05) is 43.7 Å². The number of benzene rings is 1. The molecular weight excluding hydrogens is 242 g/mol. The van der Waals surface area contributed by atoms with E-state index in [9.17, 15) is 9.59 Å². The SMILES string of the molecule is Cc1ccc(C(CC(=O)O)NC(=O)CC(C)C)cc1. The van der Waals surface area contributed by atoms with Crippen molar-refractivity contribution in [2.45, 2.75) is 39.7 Å². The maximum Gasteiger partial charge on any atom is 0.305 e. The number of carbonyl (C=O) groups excluding carboxylic acids is 1. The van der Waals surface area contributed by atoms with E-state index in [-0.39, 0.29) is 18.2 Å². The first-order chi connectivity index (χ1) is 8.88. The highest BCUT2D eigenvalue weighted by Gasteiger charge is 2.18. The molecule has 1 aromatic rings. The van der Waals surface area contributed by atoms with Crippen molar-refractivity contribution < 1.29 is 14.7 Å². The molecule has 2 N–H and O–H groups in total. The van der Waals surface area contributed by atoms with Crippen molar-refractivity contribution in [2.75, 3.05) is 0 Å². The Bertz CT molecular complexity index is 437. The summed E-state index contributed by atoms with van der Waals surface area (Å²) >= 11 is 0. The molecule has 0 aliphatic rings. The summed E-state index contributed by atoms with van der Waals surface area (Å²) in [6, 6.07) is 7.08. The van der Waals surface area contributed by atoms with Gasteiger partial charge in [0.2, 0.25) is 5.91 Å². The number of carboxylic acid groups (broad SMARTS) is 1. The van der Waals surface area contributed by atoms with E-state index in [1.54, 1.807) is 0 Å². The lowest BCUT2D eigenvalue weighted by Gasteiger charge is -2.18. The summed E-state index contributed by atoms with van der Waals surface area (Å²) in [6.45, 7) is 5.88. The van der Waals surface area contributed by atoms with Crippen LogP contribution < -0.4 is 5.32 Å². The van der Waals surface area contributed by atoms with E-state index in [2.05, 4.69) is 5.32 Å². The molecular formula is C15H21NO3. The van der Waals surface area contributed by atoms with Gasteiger partial charge >= 0.3 is 5.97 Å². The van der Waals surface area contributed by atoms with Crippen LogP contribution in [0.3, 0.4) is 0 Å². The first kappa shape index (κ1) is 15.2. The van der Waals surface area contributed by atoms with Crippen molar-refractivity contribution in [3.63, 3.8) is 0 Å². The zero-order valence-corrected chi connectivity index (χ0v) is 11.6. The summed E-state index contributed by atoms with van der Waals surface area (Å²) < 4.78 is 0. The van der Waals surface area contributed by atoms with Crippen LogP contribution in [0.2, 0.25) is 0 Å². The average Bonchev–Trinajstić information content (AvgIpc) is 2.27. The van der Waals surface area contributed by atoms with Crippen LogP contribution in [0, 0.1) is 12.8 Å². The molecule has 0 radical (unpaired) electrons. The van der Waals surface area contributed by atoms with Gasteiger partial charge in [0.25, 0.3) is 0 Å². The van der Waals surface area contributed by atoms with Gasteiger partial charge in [0, 0.05) is 6.42 Å². The van der Waals surface area contributed by atoms with Crippen LogP contribution >= 0.6 is 0 Å². The normalized spacial score (nSPS) is 12.2. The summed E-state index contributed by atoms with van der Waals surface area (Å²) in [6.07, 6.45) is 0.300. The number of aryl methyl sites for hydroxylation is 1. The second kappa shape index (κ2) is 6.92. The zero-order chi connectivity index (χ0) is 14.4. The Morgan fingerprint density at radius 2 is 1.74 bits per heavy atom. The summed E-state index contributed by atoms with van der Waals surface area (Å²) in [5.41, 5.74) is 1.93. The number of rotatable bonds is 6. The van der Waals surface area contributed by atoms with Gasteiger partial charge in [-0.05, 0) is 18.4 Å². The third-order valence-corrected chi connectivity index (χ3v) is 2.79. The van der Waals surface area contributed by atoms with E-state index in [0.717, 1.165) is 11.1 Å². The number of nitrogens with one attached hydrogen (secondary N) is 1. The highest BCUT2D eigenvalue weighted by molar-refractivity contribution is 5.77. The molecule has 1 rings (SSSR count). The van der Waals surface area contributed by atoms with Crippen LogP contribution in [0.15, 0.2) is 24.3 Å². The molecule has 0 saturated carbocycles. The van der Waals surface area contributed by atoms with Crippen molar-refractivity contribution in [1.29, 1.82) is 0 Å². The molecule has 0 aromatic heterocycles. The Labute approximate surface area is 113 Å². The molecule has 0 bridgehead atoms. The molecule has 1 atom stereocenters. The monoisotopic (exact) mass is 263 g/mol. The Kier molecular flexibility index (Phi) is 5.55. The smallest absolute Gasteiger partial charge is 0.305 e. The van der Waals surface area contributed by atoms with Crippen LogP contribution in [0.5, 0.6) is 0 Å². The minimum atomic E-state index is -0.921. The fraction of sp³-hybridized carbons (Fsp3) is 0.467. The fourth-order valence-corrected chi connectivity index (χ4v) is 1.85. The van der Waals surface area contributed by atoms with Crippen LogP contribution in [-0.4, -0.2) is 17.0 Å². The third-order valence-electron chi connectivity index (χ3n) is 2.79. The molecule has 104 valence electrons. The Morgan fingerprint density at radius 3 is 2.21 bits per heavy atom. The molecule has 19 heavy (non-hydrogen) atoms. The molecule has 0 fully saturated rings. The largest absolute Gasteiger partial charge is 0.481 e. The van der Waals surface area contributed by atoms with Crippen molar-refractivity contribution in [3.8, 4) is 0 Å². The van der Waals surface area contributed by atoms with E-state index in [1.807, 2.05) is 45.0 Å². The van der Waals surface area contributed by atoms with Crippen molar-refractivity contribution in [1.82, 2.24) is 5.32 Å². The molecule has 0 aliphatic heterocycles.